The van der Waals surface area contributed by atoms with Gasteiger partial charge in [0, 0.05) is 5.56 Å². The molecule has 0 saturated carbocycles. The van der Waals surface area contributed by atoms with E-state index in [9.17, 15) is 5.21 Å². The lowest BCUT2D eigenvalue weighted by Gasteiger charge is -2.11. The largest absolute Gasteiger partial charge is 0.427 e. The quantitative estimate of drug-likeness (QED) is 0.458. The van der Waals surface area contributed by atoms with Crippen molar-refractivity contribution in [1.82, 2.24) is 9.71 Å². The third kappa shape index (κ3) is 1.55. The molecule has 5 nitrogen and oxygen atoms in total. The van der Waals surface area contributed by atoms with Gasteiger partial charge in [0.15, 0.2) is 5.82 Å². The highest BCUT2D eigenvalue weighted by atomic mass is 16.5. The molecule has 2 aromatic rings. The van der Waals surface area contributed by atoms with Crippen molar-refractivity contribution in [1.29, 1.82) is 0 Å². The molecule has 0 amide bonds. The minimum Gasteiger partial charge on any atom is -0.427 e. The summed E-state index contributed by atoms with van der Waals surface area (Å²) in [5, 5.41) is 22.4. The number of aromatic nitrogens is 2. The summed E-state index contributed by atoms with van der Waals surface area (Å²) >= 11 is 0. The van der Waals surface area contributed by atoms with E-state index in [0.29, 0.717) is 29.3 Å². The van der Waals surface area contributed by atoms with E-state index in [1.165, 1.54) is 0 Å². The minimum atomic E-state index is 0.489. The highest BCUT2D eigenvalue weighted by Gasteiger charge is 2.25. The molecule has 0 atom stereocenters. The Morgan fingerprint density at radius 3 is 2.67 bits per heavy atom. The summed E-state index contributed by atoms with van der Waals surface area (Å²) in [5.74, 6) is 0.489. The van der Waals surface area contributed by atoms with E-state index >= 15 is 0 Å². The third-order valence-corrected chi connectivity index (χ3v) is 3.20. The standard InChI is InChI=1S/C13H13N3O2/c17-15-10-7-4-8-11-12(10)14-13(16(11)18)9-5-2-1-3-6-9/h1-3,5-6,17-18H,4,7-8H2/b15-10+. The van der Waals surface area contributed by atoms with Crippen molar-refractivity contribution in [3.63, 3.8) is 0 Å². The van der Waals surface area contributed by atoms with E-state index in [2.05, 4.69) is 10.1 Å². The van der Waals surface area contributed by atoms with Gasteiger partial charge >= 0.3 is 0 Å². The molecule has 0 bridgehead atoms. The third-order valence-electron chi connectivity index (χ3n) is 3.20. The predicted molar refractivity (Wildman–Crippen MR) is 66.1 cm³/mol. The predicted octanol–water partition coefficient (Wildman–Crippen LogP) is 2.30. The lowest BCUT2D eigenvalue weighted by Crippen LogP contribution is -2.13. The maximum atomic E-state index is 10.2. The van der Waals surface area contributed by atoms with Crippen LogP contribution < -0.4 is 0 Å². The van der Waals surface area contributed by atoms with Crippen molar-refractivity contribution < 1.29 is 10.4 Å². The summed E-state index contributed by atoms with van der Waals surface area (Å²) in [6, 6.07) is 9.47. The highest BCUT2D eigenvalue weighted by Crippen LogP contribution is 2.26. The molecule has 0 radical (unpaired) electrons. The molecular formula is C13H13N3O2. The molecule has 18 heavy (non-hydrogen) atoms. The van der Waals surface area contributed by atoms with Gasteiger partial charge in [-0.2, -0.15) is 4.73 Å². The molecule has 0 aliphatic heterocycles. The topological polar surface area (TPSA) is 70.6 Å². The number of nitrogens with zero attached hydrogens (tertiary/aromatic N) is 3. The maximum absolute atomic E-state index is 10.2. The summed E-state index contributed by atoms with van der Waals surface area (Å²) in [6.07, 6.45) is 2.28. The van der Waals surface area contributed by atoms with Gasteiger partial charge in [0.05, 0.1) is 5.69 Å². The number of fused-ring (bicyclic) bond motifs is 1. The molecule has 5 heteroatoms. The van der Waals surface area contributed by atoms with Crippen LogP contribution in [0.15, 0.2) is 35.5 Å². The first-order chi connectivity index (χ1) is 8.81. The summed E-state index contributed by atoms with van der Waals surface area (Å²) < 4.78 is 1.11. The first-order valence-corrected chi connectivity index (χ1v) is 5.89. The summed E-state index contributed by atoms with van der Waals surface area (Å²) in [7, 11) is 0. The van der Waals surface area contributed by atoms with E-state index in [4.69, 9.17) is 5.21 Å². The molecule has 0 spiro atoms. The van der Waals surface area contributed by atoms with Crippen molar-refractivity contribution in [2.45, 2.75) is 19.3 Å². The van der Waals surface area contributed by atoms with Crippen LogP contribution in [0.3, 0.4) is 0 Å². The molecule has 1 aromatic heterocycles. The van der Waals surface area contributed by atoms with E-state index in [1.807, 2.05) is 30.3 Å². The monoisotopic (exact) mass is 243 g/mol. The van der Waals surface area contributed by atoms with E-state index < -0.39 is 0 Å². The lowest BCUT2D eigenvalue weighted by atomic mass is 9.99. The molecule has 0 unspecified atom stereocenters. The molecule has 1 aliphatic rings. The Labute approximate surface area is 104 Å². The minimum absolute atomic E-state index is 0.489. The number of rotatable bonds is 1. The number of oxime groups is 1. The van der Waals surface area contributed by atoms with Crippen LogP contribution in [0.2, 0.25) is 0 Å². The van der Waals surface area contributed by atoms with Crippen molar-refractivity contribution in [2.24, 2.45) is 5.16 Å². The van der Waals surface area contributed by atoms with Crippen LogP contribution in [0, 0.1) is 0 Å². The Bertz CT molecular complexity index is 602. The van der Waals surface area contributed by atoms with Crippen molar-refractivity contribution in [3.8, 4) is 11.4 Å². The van der Waals surface area contributed by atoms with Crippen molar-refractivity contribution >= 4 is 5.71 Å². The highest BCUT2D eigenvalue weighted by molar-refractivity contribution is 6.00. The van der Waals surface area contributed by atoms with Gasteiger partial charge < -0.3 is 10.4 Å². The van der Waals surface area contributed by atoms with Crippen LogP contribution in [0.4, 0.5) is 0 Å². The van der Waals surface area contributed by atoms with Crippen LogP contribution in [0.5, 0.6) is 0 Å². The van der Waals surface area contributed by atoms with E-state index in [-0.39, 0.29) is 0 Å². The fourth-order valence-corrected chi connectivity index (χ4v) is 2.31. The summed E-state index contributed by atoms with van der Waals surface area (Å²) in [5.41, 5.74) is 2.70. The second-order valence-electron chi connectivity index (χ2n) is 4.31. The van der Waals surface area contributed by atoms with Crippen molar-refractivity contribution in [2.75, 3.05) is 0 Å². The zero-order valence-corrected chi connectivity index (χ0v) is 9.74. The van der Waals surface area contributed by atoms with Gasteiger partial charge in [-0.15, -0.1) is 0 Å². The average molecular weight is 243 g/mol. The average Bonchev–Trinajstić information content (AvgIpc) is 2.77. The Morgan fingerprint density at radius 1 is 1.17 bits per heavy atom. The Morgan fingerprint density at radius 2 is 1.94 bits per heavy atom. The zero-order chi connectivity index (χ0) is 12.5. The summed E-state index contributed by atoms with van der Waals surface area (Å²) in [4.78, 5) is 4.39. The van der Waals surface area contributed by atoms with Gasteiger partial charge in [-0.05, 0) is 19.3 Å². The van der Waals surface area contributed by atoms with Crippen molar-refractivity contribution in [3.05, 3.63) is 41.7 Å². The summed E-state index contributed by atoms with van der Waals surface area (Å²) in [6.45, 7) is 0. The molecule has 0 saturated heterocycles. The van der Waals surface area contributed by atoms with Gasteiger partial charge in [-0.25, -0.2) is 4.98 Å². The molecule has 3 rings (SSSR count). The molecule has 2 N–H and O–H groups in total. The molecule has 1 heterocycles. The number of benzene rings is 1. The van der Waals surface area contributed by atoms with Gasteiger partial charge in [-0.1, -0.05) is 35.5 Å². The molecule has 1 aliphatic carbocycles. The normalized spacial score (nSPS) is 16.8. The SMILES string of the molecule is O/N=C1\CCCc2c1nc(-c1ccccc1)n2O. The Kier molecular flexibility index (Phi) is 2.51. The first-order valence-electron chi connectivity index (χ1n) is 5.89. The molecule has 92 valence electrons. The second kappa shape index (κ2) is 4.18. The molecular weight excluding hydrogens is 230 g/mol. The number of hydrogen-bond acceptors (Lipinski definition) is 4. The van der Waals surface area contributed by atoms with E-state index in [0.717, 1.165) is 23.1 Å². The molecule has 1 aromatic carbocycles. The van der Waals surface area contributed by atoms with Crippen LogP contribution in [0.1, 0.15) is 24.2 Å². The van der Waals surface area contributed by atoms with Crippen LogP contribution in [-0.4, -0.2) is 25.8 Å². The lowest BCUT2D eigenvalue weighted by molar-refractivity contribution is 0.181. The smallest absolute Gasteiger partial charge is 0.176 e. The van der Waals surface area contributed by atoms with Gasteiger partial charge in [0.25, 0.3) is 0 Å². The van der Waals surface area contributed by atoms with E-state index in [1.54, 1.807) is 0 Å². The Balaban J connectivity index is 2.17. The van der Waals surface area contributed by atoms with Gasteiger partial charge in [0.1, 0.15) is 11.4 Å². The number of hydrogen-bond donors (Lipinski definition) is 2. The van der Waals surface area contributed by atoms with Crippen LogP contribution in [0.25, 0.3) is 11.4 Å². The van der Waals surface area contributed by atoms with Gasteiger partial charge in [-0.3, -0.25) is 0 Å². The number of imidazole rings is 1. The molecule has 0 fully saturated rings. The maximum Gasteiger partial charge on any atom is 0.176 e. The van der Waals surface area contributed by atoms with Gasteiger partial charge in [0.2, 0.25) is 0 Å². The van der Waals surface area contributed by atoms with Crippen LogP contribution in [-0.2, 0) is 6.42 Å². The fourth-order valence-electron chi connectivity index (χ4n) is 2.31. The second-order valence-corrected chi connectivity index (χ2v) is 4.31. The zero-order valence-electron chi connectivity index (χ0n) is 9.74. The fraction of sp³-hybridized carbons (Fsp3) is 0.231. The Hall–Kier alpha value is -2.30. The van der Waals surface area contributed by atoms with Crippen LogP contribution >= 0.6 is 0 Å². The first kappa shape index (κ1) is 10.8.